The van der Waals surface area contributed by atoms with E-state index in [2.05, 4.69) is 20.9 Å². The van der Waals surface area contributed by atoms with Crippen LogP contribution in [0.25, 0.3) is 0 Å². The second kappa shape index (κ2) is 6.98. The number of benzene rings is 1. The minimum Gasteiger partial charge on any atom is -0.488 e. The van der Waals surface area contributed by atoms with Crippen LogP contribution in [-0.2, 0) is 0 Å². The fourth-order valence-corrected chi connectivity index (χ4v) is 2.20. The molecule has 6 heteroatoms. The molecule has 0 fully saturated rings. The number of pyridine rings is 1. The summed E-state index contributed by atoms with van der Waals surface area (Å²) >= 11 is 15.1. The minimum absolute atomic E-state index is 0.378. The summed E-state index contributed by atoms with van der Waals surface area (Å²) < 4.78 is 11.7. The molecular formula is C13H10BrCl2NO2. The Morgan fingerprint density at radius 3 is 2.47 bits per heavy atom. The molecule has 1 heterocycles. The molecule has 0 atom stereocenters. The Morgan fingerprint density at radius 2 is 1.79 bits per heavy atom. The lowest BCUT2D eigenvalue weighted by Gasteiger charge is -2.10. The van der Waals surface area contributed by atoms with Gasteiger partial charge in [0, 0.05) is 11.2 Å². The van der Waals surface area contributed by atoms with E-state index >= 15 is 0 Å². The van der Waals surface area contributed by atoms with Crippen molar-refractivity contribution >= 4 is 39.1 Å². The Kier molecular flexibility index (Phi) is 5.31. The minimum atomic E-state index is 0.378. The van der Waals surface area contributed by atoms with Crippen LogP contribution in [0.2, 0.25) is 10.0 Å². The van der Waals surface area contributed by atoms with E-state index in [-0.39, 0.29) is 0 Å². The van der Waals surface area contributed by atoms with Crippen molar-refractivity contribution in [2.75, 3.05) is 13.2 Å². The average molecular weight is 363 g/mol. The maximum Gasteiger partial charge on any atom is 0.152 e. The van der Waals surface area contributed by atoms with Crippen LogP contribution in [0.15, 0.2) is 41.1 Å². The van der Waals surface area contributed by atoms with Gasteiger partial charge in [-0.2, -0.15) is 0 Å². The first-order valence-corrected chi connectivity index (χ1v) is 7.03. The van der Waals surface area contributed by atoms with Crippen LogP contribution in [0.5, 0.6) is 11.5 Å². The van der Waals surface area contributed by atoms with Crippen LogP contribution in [-0.4, -0.2) is 18.2 Å². The molecule has 0 spiro atoms. The van der Waals surface area contributed by atoms with Gasteiger partial charge in [0.25, 0.3) is 0 Å². The van der Waals surface area contributed by atoms with Crippen LogP contribution in [0.4, 0.5) is 0 Å². The highest BCUT2D eigenvalue weighted by atomic mass is 79.9. The molecular weight excluding hydrogens is 353 g/mol. The number of nitrogens with zero attached hydrogens (tertiary/aromatic N) is 1. The van der Waals surface area contributed by atoms with Crippen molar-refractivity contribution in [2.45, 2.75) is 0 Å². The van der Waals surface area contributed by atoms with Gasteiger partial charge in [-0.3, -0.25) is 0 Å². The molecule has 19 heavy (non-hydrogen) atoms. The molecule has 0 aliphatic heterocycles. The highest BCUT2D eigenvalue weighted by Gasteiger charge is 2.03. The van der Waals surface area contributed by atoms with Gasteiger partial charge in [-0.25, -0.2) is 4.98 Å². The molecule has 0 aliphatic rings. The molecule has 0 saturated carbocycles. The quantitative estimate of drug-likeness (QED) is 0.575. The van der Waals surface area contributed by atoms with Gasteiger partial charge in [-0.05, 0) is 46.3 Å². The Labute approximate surface area is 129 Å². The number of aromatic nitrogens is 1. The molecule has 3 nitrogen and oxygen atoms in total. The van der Waals surface area contributed by atoms with Crippen LogP contribution >= 0.6 is 39.1 Å². The van der Waals surface area contributed by atoms with Gasteiger partial charge in [0.1, 0.15) is 23.6 Å². The molecule has 1 aromatic heterocycles. The number of hydrogen-bond donors (Lipinski definition) is 0. The molecule has 0 unspecified atom stereocenters. The van der Waals surface area contributed by atoms with Gasteiger partial charge in [0.15, 0.2) is 5.75 Å². The van der Waals surface area contributed by atoms with Gasteiger partial charge in [0.2, 0.25) is 0 Å². The number of ether oxygens (including phenoxy) is 2. The van der Waals surface area contributed by atoms with Gasteiger partial charge < -0.3 is 9.47 Å². The van der Waals surface area contributed by atoms with Crippen molar-refractivity contribution in [3.8, 4) is 11.5 Å². The first-order valence-electron chi connectivity index (χ1n) is 5.48. The smallest absolute Gasteiger partial charge is 0.152 e. The lowest BCUT2D eigenvalue weighted by molar-refractivity contribution is 0.216. The summed E-state index contributed by atoms with van der Waals surface area (Å²) in [6.07, 6.45) is 1.68. The SMILES string of the molecule is Clc1ccc(OCCOc2cccnc2Br)c(Cl)c1. The average Bonchev–Trinajstić information content (AvgIpc) is 2.38. The lowest BCUT2D eigenvalue weighted by Crippen LogP contribution is -2.09. The second-order valence-electron chi connectivity index (χ2n) is 3.56. The molecule has 2 rings (SSSR count). The molecule has 2 aromatic rings. The molecule has 0 bridgehead atoms. The van der Waals surface area contributed by atoms with Crippen molar-refractivity contribution in [3.63, 3.8) is 0 Å². The summed E-state index contributed by atoms with van der Waals surface area (Å²) in [5.41, 5.74) is 0. The summed E-state index contributed by atoms with van der Waals surface area (Å²) in [7, 11) is 0. The molecule has 1 aromatic carbocycles. The van der Waals surface area contributed by atoms with E-state index in [1.807, 2.05) is 6.07 Å². The molecule has 0 aliphatic carbocycles. The maximum atomic E-state index is 5.98. The highest BCUT2D eigenvalue weighted by Crippen LogP contribution is 2.27. The molecule has 100 valence electrons. The van der Waals surface area contributed by atoms with Crippen LogP contribution < -0.4 is 9.47 Å². The zero-order chi connectivity index (χ0) is 13.7. The summed E-state index contributed by atoms with van der Waals surface area (Å²) in [5.74, 6) is 1.26. The van der Waals surface area contributed by atoms with Crippen LogP contribution in [0, 0.1) is 0 Å². The highest BCUT2D eigenvalue weighted by molar-refractivity contribution is 9.10. The van der Waals surface area contributed by atoms with Crippen LogP contribution in [0.1, 0.15) is 0 Å². The van der Waals surface area contributed by atoms with E-state index in [0.29, 0.717) is 39.4 Å². The Balaban J connectivity index is 1.83. The first kappa shape index (κ1) is 14.4. The van der Waals surface area contributed by atoms with Crippen molar-refractivity contribution in [3.05, 3.63) is 51.2 Å². The third-order valence-corrected chi connectivity index (χ3v) is 3.34. The largest absolute Gasteiger partial charge is 0.488 e. The third kappa shape index (κ3) is 4.27. The standard InChI is InChI=1S/C13H10BrCl2NO2/c14-13-12(2-1-5-17-13)19-7-6-18-11-4-3-9(15)8-10(11)16/h1-5,8H,6-7H2. The number of hydrogen-bond acceptors (Lipinski definition) is 3. The molecule has 0 saturated heterocycles. The van der Waals surface area contributed by atoms with Crippen molar-refractivity contribution in [1.29, 1.82) is 0 Å². The molecule has 0 amide bonds. The fraction of sp³-hybridized carbons (Fsp3) is 0.154. The predicted octanol–water partition coefficient (Wildman–Crippen LogP) is 4.61. The summed E-state index contributed by atoms with van der Waals surface area (Å²) in [4.78, 5) is 4.05. The van der Waals surface area contributed by atoms with Gasteiger partial charge in [-0.1, -0.05) is 23.2 Å². The Bertz CT molecular complexity index is 566. The lowest BCUT2D eigenvalue weighted by atomic mass is 10.3. The van der Waals surface area contributed by atoms with Gasteiger partial charge >= 0.3 is 0 Å². The van der Waals surface area contributed by atoms with E-state index in [4.69, 9.17) is 32.7 Å². The van der Waals surface area contributed by atoms with Crippen molar-refractivity contribution in [1.82, 2.24) is 4.98 Å². The zero-order valence-electron chi connectivity index (χ0n) is 9.78. The first-order chi connectivity index (χ1) is 9.16. The van der Waals surface area contributed by atoms with E-state index < -0.39 is 0 Å². The second-order valence-corrected chi connectivity index (χ2v) is 5.16. The normalized spacial score (nSPS) is 10.3. The zero-order valence-corrected chi connectivity index (χ0v) is 12.9. The molecule has 0 N–H and O–H groups in total. The van der Waals surface area contributed by atoms with Crippen molar-refractivity contribution in [2.24, 2.45) is 0 Å². The summed E-state index contributed by atoms with van der Waals surface area (Å²) in [6.45, 7) is 0.770. The fourth-order valence-electron chi connectivity index (χ4n) is 1.37. The third-order valence-electron chi connectivity index (χ3n) is 2.22. The van der Waals surface area contributed by atoms with E-state index in [1.165, 1.54) is 0 Å². The molecule has 0 radical (unpaired) electrons. The monoisotopic (exact) mass is 361 g/mol. The number of rotatable bonds is 5. The van der Waals surface area contributed by atoms with Crippen molar-refractivity contribution < 1.29 is 9.47 Å². The summed E-state index contributed by atoms with van der Waals surface area (Å²) in [5, 5.41) is 1.06. The van der Waals surface area contributed by atoms with E-state index in [9.17, 15) is 0 Å². The van der Waals surface area contributed by atoms with E-state index in [0.717, 1.165) is 0 Å². The van der Waals surface area contributed by atoms with E-state index in [1.54, 1.807) is 30.5 Å². The van der Waals surface area contributed by atoms with Crippen LogP contribution in [0.3, 0.4) is 0 Å². The topological polar surface area (TPSA) is 31.4 Å². The predicted molar refractivity (Wildman–Crippen MR) is 79.4 cm³/mol. The van der Waals surface area contributed by atoms with Gasteiger partial charge in [-0.15, -0.1) is 0 Å². The maximum absolute atomic E-state index is 5.98. The Morgan fingerprint density at radius 1 is 1.05 bits per heavy atom. The number of halogens is 3. The Hall–Kier alpha value is -0.970. The van der Waals surface area contributed by atoms with Gasteiger partial charge in [0.05, 0.1) is 5.02 Å². The summed E-state index contributed by atoms with van der Waals surface area (Å²) in [6, 6.07) is 8.71.